The monoisotopic (exact) mass is 292 g/mol. The Morgan fingerprint density at radius 3 is 2.67 bits per heavy atom. The summed E-state index contributed by atoms with van der Waals surface area (Å²) < 4.78 is 2.26. The van der Waals surface area contributed by atoms with Crippen molar-refractivity contribution in [3.05, 3.63) is 18.2 Å². The highest BCUT2D eigenvalue weighted by molar-refractivity contribution is 5.07. The molecule has 0 spiro atoms. The number of imidazole rings is 1. The first kappa shape index (κ1) is 16.5. The molecule has 1 heterocycles. The summed E-state index contributed by atoms with van der Waals surface area (Å²) >= 11 is 0. The van der Waals surface area contributed by atoms with E-state index in [-0.39, 0.29) is 6.04 Å². The Morgan fingerprint density at radius 1 is 1.43 bits per heavy atom. The van der Waals surface area contributed by atoms with Crippen molar-refractivity contribution in [1.29, 1.82) is 0 Å². The minimum Gasteiger partial charge on any atom is -0.333 e. The summed E-state index contributed by atoms with van der Waals surface area (Å²) in [5, 5.41) is 0. The van der Waals surface area contributed by atoms with Crippen LogP contribution in [0.2, 0.25) is 0 Å². The molecule has 0 aromatic carbocycles. The molecule has 4 nitrogen and oxygen atoms in total. The van der Waals surface area contributed by atoms with Crippen molar-refractivity contribution in [2.75, 3.05) is 13.6 Å². The van der Waals surface area contributed by atoms with Crippen LogP contribution in [0.25, 0.3) is 0 Å². The average molecular weight is 292 g/mol. The lowest BCUT2D eigenvalue weighted by Crippen LogP contribution is -2.42. The topological polar surface area (TPSA) is 47.1 Å². The highest BCUT2D eigenvalue weighted by atomic mass is 15.2. The molecule has 4 heteroatoms. The average Bonchev–Trinajstić information content (AvgIpc) is 2.88. The molecule has 1 aliphatic carbocycles. The first-order valence-electron chi connectivity index (χ1n) is 8.40. The van der Waals surface area contributed by atoms with E-state index < -0.39 is 0 Å². The first-order valence-corrected chi connectivity index (χ1v) is 8.40. The summed E-state index contributed by atoms with van der Waals surface area (Å²) in [5.74, 6) is 0. The minimum absolute atomic E-state index is 0.283. The smallest absolute Gasteiger partial charge is 0.0948 e. The van der Waals surface area contributed by atoms with Crippen molar-refractivity contribution in [1.82, 2.24) is 14.5 Å². The maximum Gasteiger partial charge on any atom is 0.0948 e. The summed E-state index contributed by atoms with van der Waals surface area (Å²) in [7, 11) is 2.24. The molecule has 2 rings (SSSR count). The van der Waals surface area contributed by atoms with E-state index in [0.717, 1.165) is 13.0 Å². The van der Waals surface area contributed by atoms with Gasteiger partial charge in [-0.1, -0.05) is 20.8 Å². The van der Waals surface area contributed by atoms with E-state index in [4.69, 9.17) is 5.73 Å². The fourth-order valence-corrected chi connectivity index (χ4v) is 3.58. The highest BCUT2D eigenvalue weighted by Crippen LogP contribution is 2.38. The maximum absolute atomic E-state index is 6.11. The molecule has 21 heavy (non-hydrogen) atoms. The number of aryl methyl sites for hydroxylation is 1. The molecular weight excluding hydrogens is 260 g/mol. The summed E-state index contributed by atoms with van der Waals surface area (Å²) in [6.45, 7) is 8.66. The zero-order valence-electron chi connectivity index (χ0n) is 14.2. The number of nitrogens with two attached hydrogens (primary N) is 1. The molecule has 1 atom stereocenters. The van der Waals surface area contributed by atoms with Gasteiger partial charge in [0.15, 0.2) is 0 Å². The van der Waals surface area contributed by atoms with Gasteiger partial charge in [0.1, 0.15) is 0 Å². The molecule has 0 radical (unpaired) electrons. The van der Waals surface area contributed by atoms with Gasteiger partial charge in [-0.25, -0.2) is 4.98 Å². The van der Waals surface area contributed by atoms with E-state index in [2.05, 4.69) is 42.3 Å². The van der Waals surface area contributed by atoms with Gasteiger partial charge in [0.05, 0.1) is 18.1 Å². The molecule has 1 fully saturated rings. The number of nitrogens with zero attached hydrogens (tertiary/aromatic N) is 3. The van der Waals surface area contributed by atoms with E-state index in [9.17, 15) is 0 Å². The highest BCUT2D eigenvalue weighted by Gasteiger charge is 2.32. The summed E-state index contributed by atoms with van der Waals surface area (Å²) in [6, 6.07) is 0.932. The van der Waals surface area contributed by atoms with Gasteiger partial charge < -0.3 is 10.3 Å². The van der Waals surface area contributed by atoms with Crippen molar-refractivity contribution in [2.45, 2.75) is 71.5 Å². The van der Waals surface area contributed by atoms with Gasteiger partial charge >= 0.3 is 0 Å². The molecule has 2 N–H and O–H groups in total. The van der Waals surface area contributed by atoms with E-state index in [1.54, 1.807) is 0 Å². The molecule has 1 aliphatic rings. The van der Waals surface area contributed by atoms with Crippen molar-refractivity contribution < 1.29 is 0 Å². The van der Waals surface area contributed by atoms with Crippen molar-refractivity contribution in [3.8, 4) is 0 Å². The fourth-order valence-electron chi connectivity index (χ4n) is 3.58. The molecule has 1 aromatic rings. The Labute approximate surface area is 129 Å². The van der Waals surface area contributed by atoms with Gasteiger partial charge in [0.25, 0.3) is 0 Å². The van der Waals surface area contributed by atoms with Crippen molar-refractivity contribution in [2.24, 2.45) is 11.1 Å². The Balaban J connectivity index is 2.08. The van der Waals surface area contributed by atoms with Crippen LogP contribution in [0.5, 0.6) is 0 Å². The Kier molecular flexibility index (Phi) is 5.44. The lowest BCUT2D eigenvalue weighted by molar-refractivity contribution is 0.0937. The second-order valence-electron chi connectivity index (χ2n) is 7.32. The zero-order valence-corrected chi connectivity index (χ0v) is 14.2. The summed E-state index contributed by atoms with van der Waals surface area (Å²) in [5.41, 5.74) is 7.89. The number of hydrogen-bond acceptors (Lipinski definition) is 3. The second kappa shape index (κ2) is 6.93. The van der Waals surface area contributed by atoms with Crippen molar-refractivity contribution in [3.63, 3.8) is 0 Å². The van der Waals surface area contributed by atoms with Crippen LogP contribution in [0.4, 0.5) is 0 Å². The Bertz CT molecular complexity index is 428. The van der Waals surface area contributed by atoms with Crippen LogP contribution in [0.15, 0.2) is 12.5 Å². The standard InChI is InChI=1S/C17H32N4/c1-5-10-21-13-19-12-16(21)15(11-18)20(4)14-6-8-17(2,3)9-7-14/h12-15H,5-11,18H2,1-4H3. The van der Waals surface area contributed by atoms with Crippen LogP contribution >= 0.6 is 0 Å². The normalized spacial score (nSPS) is 20.9. The largest absolute Gasteiger partial charge is 0.333 e. The molecule has 120 valence electrons. The van der Waals surface area contributed by atoms with Gasteiger partial charge in [-0.15, -0.1) is 0 Å². The van der Waals surface area contributed by atoms with Gasteiger partial charge in [-0.2, -0.15) is 0 Å². The van der Waals surface area contributed by atoms with Crippen LogP contribution in [0.3, 0.4) is 0 Å². The third kappa shape index (κ3) is 3.86. The molecule has 0 aliphatic heterocycles. The molecule has 0 amide bonds. The van der Waals surface area contributed by atoms with E-state index in [1.165, 1.54) is 31.4 Å². The molecule has 0 saturated heterocycles. The number of hydrogen-bond donors (Lipinski definition) is 1. The molecule has 1 saturated carbocycles. The van der Waals surface area contributed by atoms with Crippen LogP contribution in [0.1, 0.15) is 64.6 Å². The quantitative estimate of drug-likeness (QED) is 0.876. The van der Waals surface area contributed by atoms with E-state index >= 15 is 0 Å². The van der Waals surface area contributed by atoms with Crippen molar-refractivity contribution >= 4 is 0 Å². The predicted octanol–water partition coefficient (Wildman–Crippen LogP) is 3.19. The third-order valence-electron chi connectivity index (χ3n) is 5.15. The number of aromatic nitrogens is 2. The maximum atomic E-state index is 6.11. The Morgan fingerprint density at radius 2 is 2.10 bits per heavy atom. The molecule has 1 unspecified atom stereocenters. The van der Waals surface area contributed by atoms with E-state index in [0.29, 0.717) is 18.0 Å². The second-order valence-corrected chi connectivity index (χ2v) is 7.32. The molecule has 1 aromatic heterocycles. The van der Waals surface area contributed by atoms with Gasteiger partial charge in [-0.3, -0.25) is 4.90 Å². The van der Waals surface area contributed by atoms with E-state index in [1.807, 2.05) is 12.5 Å². The molecule has 0 bridgehead atoms. The number of rotatable bonds is 6. The molecular formula is C17H32N4. The predicted molar refractivity (Wildman–Crippen MR) is 88.1 cm³/mol. The lowest BCUT2D eigenvalue weighted by atomic mass is 9.75. The summed E-state index contributed by atoms with van der Waals surface area (Å²) in [4.78, 5) is 6.84. The fraction of sp³-hybridized carbons (Fsp3) is 0.824. The van der Waals surface area contributed by atoms with Gasteiger partial charge in [-0.05, 0) is 44.6 Å². The zero-order chi connectivity index (χ0) is 15.5. The third-order valence-corrected chi connectivity index (χ3v) is 5.15. The van der Waals surface area contributed by atoms with Gasteiger partial charge in [0, 0.05) is 25.3 Å². The first-order chi connectivity index (χ1) is 9.98. The van der Waals surface area contributed by atoms with Crippen LogP contribution in [-0.4, -0.2) is 34.1 Å². The Hall–Kier alpha value is -0.870. The minimum atomic E-state index is 0.283. The van der Waals surface area contributed by atoms with Crippen LogP contribution < -0.4 is 5.73 Å². The lowest BCUT2D eigenvalue weighted by Gasteiger charge is -2.41. The van der Waals surface area contributed by atoms with Gasteiger partial charge in [0.2, 0.25) is 0 Å². The van der Waals surface area contributed by atoms with Crippen LogP contribution in [-0.2, 0) is 6.54 Å². The SMILES string of the molecule is CCCn1cncc1C(CN)N(C)C1CCC(C)(C)CC1. The summed E-state index contributed by atoms with van der Waals surface area (Å²) in [6.07, 6.45) is 10.3. The number of likely N-dealkylation sites (N-methyl/N-ethyl adjacent to an activating group) is 1. The van der Waals surface area contributed by atoms with Crippen LogP contribution in [0, 0.1) is 5.41 Å².